The highest BCUT2D eigenvalue weighted by Crippen LogP contribution is 2.13. The number of benzene rings is 1. The van der Waals surface area contributed by atoms with Crippen LogP contribution in [0.2, 0.25) is 0 Å². The lowest BCUT2D eigenvalue weighted by molar-refractivity contribution is 0.444. The smallest absolute Gasteiger partial charge is 0.194 e. The van der Waals surface area contributed by atoms with Crippen molar-refractivity contribution in [2.45, 2.75) is 13.0 Å². The van der Waals surface area contributed by atoms with Gasteiger partial charge in [0.15, 0.2) is 17.5 Å². The molecule has 0 atom stereocenters. The fourth-order valence-corrected chi connectivity index (χ4v) is 1.72. The molecule has 0 radical (unpaired) electrons. The Morgan fingerprint density at radius 2 is 1.58 bits per heavy atom. The molecule has 1 aromatic carbocycles. The van der Waals surface area contributed by atoms with Gasteiger partial charge in [-0.25, -0.2) is 13.2 Å². The summed E-state index contributed by atoms with van der Waals surface area (Å²) < 4.78 is 38.7. The van der Waals surface area contributed by atoms with Crippen LogP contribution in [-0.2, 0) is 13.0 Å². The predicted octanol–water partition coefficient (Wildman–Crippen LogP) is 2.83. The Balaban J connectivity index is 1.83. The molecule has 100 valence electrons. The molecule has 0 aliphatic heterocycles. The van der Waals surface area contributed by atoms with E-state index in [1.807, 2.05) is 12.1 Å². The van der Waals surface area contributed by atoms with Gasteiger partial charge in [0.2, 0.25) is 0 Å². The Bertz CT molecular complexity index is 521. The maximum absolute atomic E-state index is 13.0. The third-order valence-corrected chi connectivity index (χ3v) is 2.71. The Morgan fingerprint density at radius 3 is 2.21 bits per heavy atom. The number of hydrogen-bond acceptors (Lipinski definition) is 2. The Labute approximate surface area is 109 Å². The lowest BCUT2D eigenvalue weighted by Gasteiger charge is -2.06. The zero-order valence-corrected chi connectivity index (χ0v) is 10.2. The van der Waals surface area contributed by atoms with Crippen molar-refractivity contribution in [1.29, 1.82) is 0 Å². The van der Waals surface area contributed by atoms with E-state index < -0.39 is 17.5 Å². The van der Waals surface area contributed by atoms with E-state index in [0.29, 0.717) is 18.7 Å². The van der Waals surface area contributed by atoms with Crippen molar-refractivity contribution in [3.8, 4) is 0 Å². The summed E-state index contributed by atoms with van der Waals surface area (Å²) in [6.07, 6.45) is 4.20. The van der Waals surface area contributed by atoms with Gasteiger partial charge in [-0.2, -0.15) is 0 Å². The fraction of sp³-hybridized carbons (Fsp3) is 0.214. The topological polar surface area (TPSA) is 24.9 Å². The Hall–Kier alpha value is -1.88. The molecule has 2 nitrogen and oxygen atoms in total. The molecule has 0 aliphatic carbocycles. The molecular formula is C14H13F3N2. The molecule has 19 heavy (non-hydrogen) atoms. The standard InChI is InChI=1S/C14H13F3N2/c15-12-7-11(8-13(16)14(12)17)9-19-6-3-10-1-4-18-5-2-10/h1-2,4-5,7-8,19H,3,6,9H2. The van der Waals surface area contributed by atoms with Gasteiger partial charge in [-0.15, -0.1) is 0 Å². The number of hydrogen-bond donors (Lipinski definition) is 1. The largest absolute Gasteiger partial charge is 0.312 e. The fourth-order valence-electron chi connectivity index (χ4n) is 1.72. The number of rotatable bonds is 5. The second kappa shape index (κ2) is 6.33. The van der Waals surface area contributed by atoms with E-state index in [1.165, 1.54) is 0 Å². The molecule has 2 rings (SSSR count). The van der Waals surface area contributed by atoms with E-state index in [4.69, 9.17) is 0 Å². The maximum Gasteiger partial charge on any atom is 0.194 e. The van der Waals surface area contributed by atoms with Crippen LogP contribution in [0, 0.1) is 17.5 Å². The molecule has 0 saturated heterocycles. The average Bonchev–Trinajstić information content (AvgIpc) is 2.42. The van der Waals surface area contributed by atoms with E-state index in [9.17, 15) is 13.2 Å². The number of nitrogens with one attached hydrogen (secondary N) is 1. The normalized spacial score (nSPS) is 10.7. The summed E-state index contributed by atoms with van der Waals surface area (Å²) in [5, 5.41) is 3.05. The van der Waals surface area contributed by atoms with Gasteiger partial charge in [0, 0.05) is 18.9 Å². The highest BCUT2D eigenvalue weighted by Gasteiger charge is 2.09. The molecule has 0 amide bonds. The van der Waals surface area contributed by atoms with E-state index >= 15 is 0 Å². The molecule has 0 aliphatic rings. The lowest BCUT2D eigenvalue weighted by atomic mass is 10.2. The molecule has 0 fully saturated rings. The Morgan fingerprint density at radius 1 is 0.947 bits per heavy atom. The summed E-state index contributed by atoms with van der Waals surface area (Å²) in [6, 6.07) is 5.80. The molecule has 1 N–H and O–H groups in total. The van der Waals surface area contributed by atoms with E-state index in [1.54, 1.807) is 12.4 Å². The van der Waals surface area contributed by atoms with Crippen molar-refractivity contribution in [3.05, 3.63) is 65.2 Å². The van der Waals surface area contributed by atoms with Crippen LogP contribution >= 0.6 is 0 Å². The van der Waals surface area contributed by atoms with Crippen molar-refractivity contribution in [2.24, 2.45) is 0 Å². The van der Waals surface area contributed by atoms with E-state index in [-0.39, 0.29) is 0 Å². The van der Waals surface area contributed by atoms with Crippen LogP contribution in [0.1, 0.15) is 11.1 Å². The van der Waals surface area contributed by atoms with Crippen LogP contribution in [0.5, 0.6) is 0 Å². The van der Waals surface area contributed by atoms with Gasteiger partial charge in [0.25, 0.3) is 0 Å². The van der Waals surface area contributed by atoms with Gasteiger partial charge < -0.3 is 5.32 Å². The summed E-state index contributed by atoms with van der Waals surface area (Å²) in [7, 11) is 0. The molecule has 0 unspecified atom stereocenters. The molecule has 0 saturated carbocycles. The van der Waals surface area contributed by atoms with Gasteiger partial charge in [-0.1, -0.05) is 0 Å². The number of halogens is 3. The highest BCUT2D eigenvalue weighted by molar-refractivity contribution is 5.19. The summed E-state index contributed by atoms with van der Waals surface area (Å²) in [5.41, 5.74) is 1.50. The first-order valence-electron chi connectivity index (χ1n) is 5.90. The van der Waals surface area contributed by atoms with Gasteiger partial charge in [-0.05, 0) is 48.4 Å². The summed E-state index contributed by atoms with van der Waals surface area (Å²) in [5.74, 6) is -3.75. The third-order valence-electron chi connectivity index (χ3n) is 2.71. The van der Waals surface area contributed by atoms with Gasteiger partial charge in [0.05, 0.1) is 0 Å². The SMILES string of the molecule is Fc1cc(CNCCc2ccncc2)cc(F)c1F. The zero-order chi connectivity index (χ0) is 13.7. The van der Waals surface area contributed by atoms with Crippen molar-refractivity contribution in [3.63, 3.8) is 0 Å². The average molecular weight is 266 g/mol. The van der Waals surface area contributed by atoms with Gasteiger partial charge in [-0.3, -0.25) is 4.98 Å². The van der Waals surface area contributed by atoms with Crippen LogP contribution in [0.3, 0.4) is 0 Å². The summed E-state index contributed by atoms with van der Waals surface area (Å²) in [4.78, 5) is 3.91. The minimum atomic E-state index is -1.43. The number of pyridine rings is 1. The van der Waals surface area contributed by atoms with E-state index in [0.717, 1.165) is 24.1 Å². The minimum Gasteiger partial charge on any atom is -0.312 e. The second-order valence-electron chi connectivity index (χ2n) is 4.16. The van der Waals surface area contributed by atoms with Crippen molar-refractivity contribution >= 4 is 0 Å². The first-order chi connectivity index (χ1) is 9.16. The van der Waals surface area contributed by atoms with Crippen LogP contribution in [-0.4, -0.2) is 11.5 Å². The monoisotopic (exact) mass is 266 g/mol. The molecule has 5 heteroatoms. The predicted molar refractivity (Wildman–Crippen MR) is 66.0 cm³/mol. The van der Waals surface area contributed by atoms with Gasteiger partial charge in [0.1, 0.15) is 0 Å². The molecule has 1 heterocycles. The molecule has 2 aromatic rings. The molecular weight excluding hydrogens is 253 g/mol. The zero-order valence-electron chi connectivity index (χ0n) is 10.2. The van der Waals surface area contributed by atoms with Crippen molar-refractivity contribution in [1.82, 2.24) is 10.3 Å². The van der Waals surface area contributed by atoms with Crippen LogP contribution in [0.15, 0.2) is 36.7 Å². The maximum atomic E-state index is 13.0. The highest BCUT2D eigenvalue weighted by atomic mass is 19.2. The molecule has 1 aromatic heterocycles. The number of nitrogens with zero attached hydrogens (tertiary/aromatic N) is 1. The van der Waals surface area contributed by atoms with Crippen LogP contribution in [0.25, 0.3) is 0 Å². The first-order valence-corrected chi connectivity index (χ1v) is 5.90. The van der Waals surface area contributed by atoms with Crippen LogP contribution in [0.4, 0.5) is 13.2 Å². The summed E-state index contributed by atoms with van der Waals surface area (Å²) >= 11 is 0. The summed E-state index contributed by atoms with van der Waals surface area (Å²) in [6.45, 7) is 0.948. The molecule has 0 bridgehead atoms. The third kappa shape index (κ3) is 3.79. The minimum absolute atomic E-state index is 0.291. The quantitative estimate of drug-likeness (QED) is 0.665. The van der Waals surface area contributed by atoms with Gasteiger partial charge >= 0.3 is 0 Å². The molecule has 0 spiro atoms. The number of aromatic nitrogens is 1. The van der Waals surface area contributed by atoms with E-state index in [2.05, 4.69) is 10.3 Å². The lowest BCUT2D eigenvalue weighted by Crippen LogP contribution is -2.17. The van der Waals surface area contributed by atoms with Crippen molar-refractivity contribution in [2.75, 3.05) is 6.54 Å². The van der Waals surface area contributed by atoms with Crippen LogP contribution < -0.4 is 5.32 Å². The Kier molecular flexibility index (Phi) is 4.52. The second-order valence-corrected chi connectivity index (χ2v) is 4.16. The van der Waals surface area contributed by atoms with Crippen molar-refractivity contribution < 1.29 is 13.2 Å². The first kappa shape index (κ1) is 13.5.